The van der Waals surface area contributed by atoms with E-state index in [1.165, 1.54) is 6.08 Å². The van der Waals surface area contributed by atoms with Crippen molar-refractivity contribution in [1.82, 2.24) is 0 Å². The van der Waals surface area contributed by atoms with Gasteiger partial charge < -0.3 is 28.9 Å². The summed E-state index contributed by atoms with van der Waals surface area (Å²) in [5.41, 5.74) is 1.34. The molecule has 2 aliphatic carbocycles. The number of nitrogens with zero attached hydrogens (tertiary/aromatic N) is 1. The first-order valence-electron chi connectivity index (χ1n) is 14.4. The van der Waals surface area contributed by atoms with E-state index in [0.29, 0.717) is 49.1 Å². The van der Waals surface area contributed by atoms with Crippen molar-refractivity contribution in [2.24, 2.45) is 28.8 Å². The van der Waals surface area contributed by atoms with Crippen molar-refractivity contribution in [2.45, 2.75) is 90.6 Å². The quantitative estimate of drug-likeness (QED) is 0.178. The number of aliphatic hydroxyl groups is 2. The lowest BCUT2D eigenvalue weighted by atomic mass is 9.63. The molecule has 0 aromatic carbocycles. The summed E-state index contributed by atoms with van der Waals surface area (Å²) in [6, 6.07) is 3.54. The molecule has 7 atom stereocenters. The van der Waals surface area contributed by atoms with Crippen molar-refractivity contribution in [3.63, 3.8) is 0 Å². The van der Waals surface area contributed by atoms with Crippen LogP contribution in [0.4, 0.5) is 0 Å². The molecule has 3 rings (SSSR count). The standard InChI is InChI=1S/C31H43NO9/c1-5-13-39-29(36)16-22(34)15-21(33)9-10-24-20(4)27(35)17-25-26(32-40-18-23-8-7-14-38-23)11-12-28(30(24)25)41-31(37)19(3)6-2/h5,7-8,14,17,19-22,24,28,30,33-34H,1,6,9-13,15-16,18H2,2-4H3/b32-26+. The summed E-state index contributed by atoms with van der Waals surface area (Å²) in [4.78, 5) is 43.3. The van der Waals surface area contributed by atoms with Gasteiger partial charge in [-0.15, -0.1) is 0 Å². The molecule has 0 saturated heterocycles. The zero-order valence-corrected chi connectivity index (χ0v) is 24.2. The number of furan rings is 1. The Balaban J connectivity index is 1.75. The molecule has 0 bridgehead atoms. The number of esters is 2. The van der Waals surface area contributed by atoms with Crippen LogP contribution in [0.15, 0.2) is 52.3 Å². The lowest BCUT2D eigenvalue weighted by Crippen LogP contribution is -2.46. The van der Waals surface area contributed by atoms with Crippen LogP contribution in [-0.4, -0.2) is 58.6 Å². The summed E-state index contributed by atoms with van der Waals surface area (Å²) in [5.74, 6) is -1.46. The third kappa shape index (κ3) is 9.13. The predicted molar refractivity (Wildman–Crippen MR) is 150 cm³/mol. The predicted octanol–water partition coefficient (Wildman–Crippen LogP) is 4.29. The number of aliphatic hydroxyl groups excluding tert-OH is 2. The first-order valence-corrected chi connectivity index (χ1v) is 14.4. The van der Waals surface area contributed by atoms with Crippen molar-refractivity contribution in [1.29, 1.82) is 0 Å². The minimum absolute atomic E-state index is 0.00857. The summed E-state index contributed by atoms with van der Waals surface area (Å²) in [6.45, 7) is 9.29. The Hall–Kier alpha value is -3.24. The van der Waals surface area contributed by atoms with Gasteiger partial charge in [0.25, 0.3) is 0 Å². The number of carbonyl (C=O) groups excluding carboxylic acids is 3. The van der Waals surface area contributed by atoms with Crippen molar-refractivity contribution >= 4 is 23.4 Å². The van der Waals surface area contributed by atoms with Crippen molar-refractivity contribution in [3.05, 3.63) is 48.5 Å². The van der Waals surface area contributed by atoms with Gasteiger partial charge in [-0.05, 0) is 68.2 Å². The molecule has 2 aliphatic rings. The maximum atomic E-state index is 13.1. The second-order valence-corrected chi connectivity index (χ2v) is 11.0. The van der Waals surface area contributed by atoms with E-state index in [1.807, 2.05) is 20.8 Å². The molecule has 0 aliphatic heterocycles. The molecule has 1 fully saturated rings. The van der Waals surface area contributed by atoms with E-state index in [2.05, 4.69) is 11.7 Å². The largest absolute Gasteiger partial charge is 0.466 e. The van der Waals surface area contributed by atoms with E-state index >= 15 is 0 Å². The molecule has 0 amide bonds. The molecule has 0 radical (unpaired) electrons. The molecule has 10 heteroatoms. The summed E-state index contributed by atoms with van der Waals surface area (Å²) >= 11 is 0. The van der Waals surface area contributed by atoms with E-state index in [1.54, 1.807) is 24.5 Å². The average Bonchev–Trinajstić information content (AvgIpc) is 3.46. The molecule has 7 unspecified atom stereocenters. The second-order valence-electron chi connectivity index (χ2n) is 11.0. The monoisotopic (exact) mass is 573 g/mol. The van der Waals surface area contributed by atoms with E-state index in [0.717, 1.165) is 0 Å². The maximum Gasteiger partial charge on any atom is 0.308 e. The van der Waals surface area contributed by atoms with Crippen LogP contribution in [0, 0.1) is 23.7 Å². The normalized spacial score (nSPS) is 25.4. The van der Waals surface area contributed by atoms with Gasteiger partial charge in [-0.3, -0.25) is 14.4 Å². The highest BCUT2D eigenvalue weighted by Gasteiger charge is 2.46. The Bertz CT molecular complexity index is 1090. The number of carbonyl (C=O) groups is 3. The second kappa shape index (κ2) is 15.7. The third-order valence-electron chi connectivity index (χ3n) is 7.99. The number of hydrogen-bond acceptors (Lipinski definition) is 10. The van der Waals surface area contributed by atoms with E-state index in [-0.39, 0.29) is 61.5 Å². The number of ketones is 1. The molecule has 1 aromatic rings. The van der Waals surface area contributed by atoms with Gasteiger partial charge in [0.05, 0.1) is 36.5 Å². The van der Waals surface area contributed by atoms with E-state index < -0.39 is 24.3 Å². The Morgan fingerprint density at radius 1 is 1.29 bits per heavy atom. The number of ether oxygens (including phenoxy) is 2. The SMILES string of the molecule is C=CCOC(=O)CC(O)CC(O)CCC1C(C)C(=O)C=C2/C(=N/OCc3ccco3)CCC(OC(=O)C(C)CC)C21. The smallest absolute Gasteiger partial charge is 0.308 e. The summed E-state index contributed by atoms with van der Waals surface area (Å²) in [6.07, 6.45) is 4.33. The van der Waals surface area contributed by atoms with Gasteiger partial charge in [0.2, 0.25) is 0 Å². The van der Waals surface area contributed by atoms with Gasteiger partial charge in [0, 0.05) is 11.8 Å². The minimum atomic E-state index is -1.06. The lowest BCUT2D eigenvalue weighted by Gasteiger charge is -2.43. The Labute approximate surface area is 241 Å². The number of fused-ring (bicyclic) bond motifs is 1. The van der Waals surface area contributed by atoms with Crippen LogP contribution < -0.4 is 0 Å². The third-order valence-corrected chi connectivity index (χ3v) is 7.99. The lowest BCUT2D eigenvalue weighted by molar-refractivity contribution is -0.158. The van der Waals surface area contributed by atoms with Crippen LogP contribution >= 0.6 is 0 Å². The zero-order valence-electron chi connectivity index (χ0n) is 24.2. The van der Waals surface area contributed by atoms with Crippen LogP contribution in [0.2, 0.25) is 0 Å². The molecule has 1 saturated carbocycles. The van der Waals surface area contributed by atoms with Crippen LogP contribution in [0.5, 0.6) is 0 Å². The number of hydrogen-bond donors (Lipinski definition) is 2. The summed E-state index contributed by atoms with van der Waals surface area (Å²) in [5, 5.41) is 25.3. The first kappa shape index (κ1) is 32.3. The van der Waals surface area contributed by atoms with Crippen molar-refractivity contribution < 1.29 is 43.3 Å². The highest BCUT2D eigenvalue weighted by Crippen LogP contribution is 2.45. The zero-order chi connectivity index (χ0) is 29.9. The molecule has 2 N–H and O–H groups in total. The van der Waals surface area contributed by atoms with Crippen LogP contribution in [-0.2, 0) is 35.3 Å². The molecular formula is C31H43NO9. The minimum Gasteiger partial charge on any atom is -0.466 e. The summed E-state index contributed by atoms with van der Waals surface area (Å²) in [7, 11) is 0. The number of allylic oxidation sites excluding steroid dienone is 1. The fourth-order valence-corrected chi connectivity index (χ4v) is 5.45. The topological polar surface area (TPSA) is 145 Å². The first-order chi connectivity index (χ1) is 19.6. The Morgan fingerprint density at radius 3 is 2.76 bits per heavy atom. The molecular weight excluding hydrogens is 530 g/mol. The average molecular weight is 574 g/mol. The van der Waals surface area contributed by atoms with E-state index in [4.69, 9.17) is 18.7 Å². The maximum absolute atomic E-state index is 13.1. The molecule has 0 spiro atoms. The molecule has 1 aromatic heterocycles. The summed E-state index contributed by atoms with van der Waals surface area (Å²) < 4.78 is 16.2. The fraction of sp³-hybridized carbons (Fsp3) is 0.613. The van der Waals surface area contributed by atoms with Gasteiger partial charge in [-0.25, -0.2) is 0 Å². The van der Waals surface area contributed by atoms with Gasteiger partial charge in [0.1, 0.15) is 18.5 Å². The van der Waals surface area contributed by atoms with Crippen molar-refractivity contribution in [3.8, 4) is 0 Å². The molecule has 226 valence electrons. The van der Waals surface area contributed by atoms with Gasteiger partial charge >= 0.3 is 11.9 Å². The van der Waals surface area contributed by atoms with Crippen LogP contribution in [0.3, 0.4) is 0 Å². The van der Waals surface area contributed by atoms with Gasteiger partial charge in [-0.2, -0.15) is 0 Å². The fourth-order valence-electron chi connectivity index (χ4n) is 5.45. The molecule has 1 heterocycles. The van der Waals surface area contributed by atoms with Crippen molar-refractivity contribution in [2.75, 3.05) is 6.61 Å². The van der Waals surface area contributed by atoms with E-state index in [9.17, 15) is 24.6 Å². The number of oxime groups is 1. The Morgan fingerprint density at radius 2 is 2.07 bits per heavy atom. The highest BCUT2D eigenvalue weighted by atomic mass is 16.6. The molecule has 10 nitrogen and oxygen atoms in total. The number of rotatable bonds is 15. The van der Waals surface area contributed by atoms with Crippen LogP contribution in [0.25, 0.3) is 0 Å². The van der Waals surface area contributed by atoms with Crippen LogP contribution in [0.1, 0.15) is 71.5 Å². The van der Waals surface area contributed by atoms with Gasteiger partial charge in [0.15, 0.2) is 12.4 Å². The Kier molecular flexibility index (Phi) is 12.3. The highest BCUT2D eigenvalue weighted by molar-refractivity contribution is 6.08. The molecule has 41 heavy (non-hydrogen) atoms. The van der Waals surface area contributed by atoms with Gasteiger partial charge in [-0.1, -0.05) is 38.6 Å².